The number of rotatable bonds is 9. The highest BCUT2D eigenvalue weighted by Gasteiger charge is 2.20. The van der Waals surface area contributed by atoms with Crippen LogP contribution in [0.15, 0.2) is 52.0 Å². The maximum atomic E-state index is 12.7. The molecule has 0 bridgehead atoms. The van der Waals surface area contributed by atoms with Crippen molar-refractivity contribution in [2.45, 2.75) is 18.7 Å². The van der Waals surface area contributed by atoms with Crippen LogP contribution in [0.2, 0.25) is 0 Å². The smallest absolute Gasteiger partial charge is 0.338 e. The van der Waals surface area contributed by atoms with E-state index in [2.05, 4.69) is 24.6 Å². The Kier molecular flexibility index (Phi) is 6.45. The number of fused-ring (bicyclic) bond motifs is 1. The Labute approximate surface area is 168 Å². The van der Waals surface area contributed by atoms with E-state index in [0.29, 0.717) is 29.9 Å². The third kappa shape index (κ3) is 4.90. The van der Waals surface area contributed by atoms with E-state index in [1.807, 2.05) is 13.8 Å². The molecule has 0 saturated heterocycles. The zero-order valence-corrected chi connectivity index (χ0v) is 17.0. The zero-order valence-electron chi connectivity index (χ0n) is 16.2. The molecule has 0 amide bonds. The molecule has 0 aliphatic heterocycles. The van der Waals surface area contributed by atoms with E-state index in [-0.39, 0.29) is 10.4 Å². The number of esters is 1. The van der Waals surface area contributed by atoms with E-state index in [0.717, 1.165) is 13.1 Å². The number of hydrogen-bond donors (Lipinski definition) is 1. The molecule has 1 N–H and O–H groups in total. The van der Waals surface area contributed by atoms with Gasteiger partial charge in [0.25, 0.3) is 10.0 Å². The Morgan fingerprint density at radius 3 is 2.52 bits per heavy atom. The predicted octanol–water partition coefficient (Wildman–Crippen LogP) is 2.52. The first-order valence-electron chi connectivity index (χ1n) is 9.18. The van der Waals surface area contributed by atoms with Gasteiger partial charge in [-0.15, -0.1) is 0 Å². The predicted molar refractivity (Wildman–Crippen MR) is 107 cm³/mol. The molecule has 0 saturated carbocycles. The molecule has 0 aliphatic rings. The molecule has 0 spiro atoms. The lowest BCUT2D eigenvalue weighted by atomic mass is 10.2. The van der Waals surface area contributed by atoms with Crippen LogP contribution in [0.25, 0.3) is 11.0 Å². The Hall–Kier alpha value is -2.98. The quantitative estimate of drug-likeness (QED) is 0.527. The minimum absolute atomic E-state index is 0.0452. The number of likely N-dealkylation sites (N-methyl/N-ethyl adjacent to an activating group) is 1. The number of nitrogens with one attached hydrogen (secondary N) is 1. The Bertz CT molecular complexity index is 1080. The van der Waals surface area contributed by atoms with E-state index in [1.165, 1.54) is 30.3 Å². The van der Waals surface area contributed by atoms with E-state index in [4.69, 9.17) is 4.74 Å². The summed E-state index contributed by atoms with van der Waals surface area (Å²) in [5, 5.41) is 7.29. The van der Waals surface area contributed by atoms with E-state index in [1.54, 1.807) is 12.1 Å². The summed E-state index contributed by atoms with van der Waals surface area (Å²) in [6.45, 7) is 6.83. The number of carbonyl (C=O) groups is 1. The summed E-state index contributed by atoms with van der Waals surface area (Å²) in [5.74, 6) is -0.454. The minimum Gasteiger partial charge on any atom is -0.461 e. The number of ether oxygens (including phenoxy) is 1. The average molecular weight is 418 g/mol. The van der Waals surface area contributed by atoms with Crippen LogP contribution in [0.4, 0.5) is 5.69 Å². The maximum absolute atomic E-state index is 12.7. The second kappa shape index (κ2) is 9.01. The maximum Gasteiger partial charge on any atom is 0.338 e. The fourth-order valence-corrected chi connectivity index (χ4v) is 3.98. The fourth-order valence-electron chi connectivity index (χ4n) is 2.77. The molecular weight excluding hydrogens is 396 g/mol. The summed E-state index contributed by atoms with van der Waals surface area (Å²) >= 11 is 0. The number of anilines is 1. The van der Waals surface area contributed by atoms with Crippen LogP contribution in [0.3, 0.4) is 0 Å². The molecule has 29 heavy (non-hydrogen) atoms. The van der Waals surface area contributed by atoms with Crippen molar-refractivity contribution in [3.63, 3.8) is 0 Å². The summed E-state index contributed by atoms with van der Waals surface area (Å²) < 4.78 is 37.7. The first-order chi connectivity index (χ1) is 13.9. The highest BCUT2D eigenvalue weighted by atomic mass is 32.2. The number of aromatic nitrogens is 2. The minimum atomic E-state index is -3.91. The number of nitrogens with zero attached hydrogens (tertiary/aromatic N) is 3. The van der Waals surface area contributed by atoms with Gasteiger partial charge in [-0.05, 0) is 59.8 Å². The normalized spacial score (nSPS) is 11.7. The summed E-state index contributed by atoms with van der Waals surface area (Å²) in [5.41, 5.74) is 1.14. The van der Waals surface area contributed by atoms with Gasteiger partial charge in [0.05, 0.1) is 5.56 Å². The van der Waals surface area contributed by atoms with E-state index in [9.17, 15) is 13.2 Å². The first kappa shape index (κ1) is 20.7. The van der Waals surface area contributed by atoms with Gasteiger partial charge < -0.3 is 9.64 Å². The average Bonchev–Trinajstić information content (AvgIpc) is 3.20. The van der Waals surface area contributed by atoms with Gasteiger partial charge in [0.1, 0.15) is 17.0 Å². The fraction of sp³-hybridized carbons (Fsp3) is 0.316. The van der Waals surface area contributed by atoms with Crippen molar-refractivity contribution in [2.75, 3.05) is 31.0 Å². The SMILES string of the molecule is CCN(CC)CCOC(=O)c1ccc(NS(=O)(=O)c2cccc3nonc23)cc1. The van der Waals surface area contributed by atoms with E-state index >= 15 is 0 Å². The van der Waals surface area contributed by atoms with Crippen LogP contribution in [0.5, 0.6) is 0 Å². The molecule has 0 aliphatic carbocycles. The third-order valence-corrected chi connectivity index (χ3v) is 5.86. The van der Waals surface area contributed by atoms with Gasteiger partial charge in [0, 0.05) is 12.2 Å². The lowest BCUT2D eigenvalue weighted by Crippen LogP contribution is -2.27. The standard InChI is InChI=1S/C19H22N4O5S/c1-3-23(4-2)12-13-27-19(24)14-8-10-15(11-9-14)22-29(25,26)17-7-5-6-16-18(17)21-28-20-16/h5-11,22H,3-4,12-13H2,1-2H3. The second-order valence-corrected chi connectivity index (χ2v) is 7.88. The van der Waals surface area contributed by atoms with Crippen LogP contribution >= 0.6 is 0 Å². The summed E-state index contributed by atoms with van der Waals surface area (Å²) in [7, 11) is -3.91. The molecule has 0 fully saturated rings. The van der Waals surface area contributed by atoms with Crippen LogP contribution in [-0.2, 0) is 14.8 Å². The number of benzene rings is 2. The van der Waals surface area contributed by atoms with Crippen molar-refractivity contribution in [3.05, 3.63) is 48.0 Å². The molecule has 1 heterocycles. The monoisotopic (exact) mass is 418 g/mol. The van der Waals surface area contributed by atoms with Crippen molar-refractivity contribution in [3.8, 4) is 0 Å². The summed E-state index contributed by atoms with van der Waals surface area (Å²) in [6.07, 6.45) is 0. The van der Waals surface area contributed by atoms with Gasteiger partial charge in [0.15, 0.2) is 5.52 Å². The number of carbonyl (C=O) groups excluding carboxylic acids is 1. The van der Waals surface area contributed by atoms with Gasteiger partial charge >= 0.3 is 5.97 Å². The van der Waals surface area contributed by atoms with Crippen LogP contribution in [0, 0.1) is 0 Å². The van der Waals surface area contributed by atoms with Gasteiger partial charge in [-0.2, -0.15) is 0 Å². The highest BCUT2D eigenvalue weighted by Crippen LogP contribution is 2.22. The van der Waals surface area contributed by atoms with Crippen molar-refractivity contribution in [2.24, 2.45) is 0 Å². The van der Waals surface area contributed by atoms with Crippen molar-refractivity contribution < 1.29 is 22.6 Å². The summed E-state index contributed by atoms with van der Waals surface area (Å²) in [6, 6.07) is 10.6. The zero-order chi connectivity index (χ0) is 20.9. The molecule has 0 atom stereocenters. The van der Waals surface area contributed by atoms with E-state index < -0.39 is 16.0 Å². The van der Waals surface area contributed by atoms with Gasteiger partial charge in [-0.3, -0.25) is 4.72 Å². The van der Waals surface area contributed by atoms with Gasteiger partial charge in [-0.1, -0.05) is 19.9 Å². The molecule has 2 aromatic carbocycles. The molecular formula is C19H22N4O5S. The highest BCUT2D eigenvalue weighted by molar-refractivity contribution is 7.93. The molecule has 154 valence electrons. The Morgan fingerprint density at radius 2 is 1.83 bits per heavy atom. The molecule has 0 radical (unpaired) electrons. The Balaban J connectivity index is 1.66. The summed E-state index contributed by atoms with van der Waals surface area (Å²) in [4.78, 5) is 14.2. The number of sulfonamides is 1. The van der Waals surface area contributed by atoms with Crippen LogP contribution in [-0.4, -0.2) is 55.8 Å². The molecule has 1 aromatic heterocycles. The lowest BCUT2D eigenvalue weighted by molar-refractivity contribution is 0.0466. The van der Waals surface area contributed by atoms with Crippen molar-refractivity contribution in [1.29, 1.82) is 0 Å². The second-order valence-electron chi connectivity index (χ2n) is 6.23. The topological polar surface area (TPSA) is 115 Å². The van der Waals surface area contributed by atoms with Crippen molar-refractivity contribution in [1.82, 2.24) is 15.2 Å². The van der Waals surface area contributed by atoms with Gasteiger partial charge in [-0.25, -0.2) is 17.8 Å². The third-order valence-electron chi connectivity index (χ3n) is 4.45. The largest absolute Gasteiger partial charge is 0.461 e. The molecule has 3 aromatic rings. The molecule has 0 unspecified atom stereocenters. The van der Waals surface area contributed by atoms with Crippen molar-refractivity contribution >= 4 is 32.7 Å². The van der Waals surface area contributed by atoms with Gasteiger partial charge in [0.2, 0.25) is 0 Å². The van der Waals surface area contributed by atoms with Crippen LogP contribution in [0.1, 0.15) is 24.2 Å². The van der Waals surface area contributed by atoms with Crippen LogP contribution < -0.4 is 4.72 Å². The number of hydrogen-bond acceptors (Lipinski definition) is 8. The lowest BCUT2D eigenvalue weighted by Gasteiger charge is -2.17. The molecule has 3 rings (SSSR count). The molecule has 10 heteroatoms. The molecule has 9 nitrogen and oxygen atoms in total. The first-order valence-corrected chi connectivity index (χ1v) is 10.7. The Morgan fingerprint density at radius 1 is 1.10 bits per heavy atom.